The van der Waals surface area contributed by atoms with Crippen molar-refractivity contribution in [1.82, 2.24) is 20.1 Å². The first-order valence-electron chi connectivity index (χ1n) is 19.2. The number of aryl methyl sites for hydroxylation is 1. The normalized spacial score (nSPS) is 30.8. The number of carbonyl (C=O) groups excluding carboxylic acids is 2. The maximum atomic E-state index is 15.1. The number of thioether (sulfide) groups is 1. The van der Waals surface area contributed by atoms with Crippen molar-refractivity contribution in [2.24, 2.45) is 0 Å². The first-order valence-corrected chi connectivity index (χ1v) is 20.2. The summed E-state index contributed by atoms with van der Waals surface area (Å²) in [7, 11) is 3.50. The first-order chi connectivity index (χ1) is 27.5. The number of fused-ring (bicyclic) bond motifs is 8. The quantitative estimate of drug-likeness (QED) is 0.172. The van der Waals surface area contributed by atoms with Gasteiger partial charge in [-0.1, -0.05) is 24.3 Å². The van der Waals surface area contributed by atoms with Gasteiger partial charge in [-0.15, -0.1) is 11.8 Å². The molecule has 9 heterocycles. The molecule has 12 rings (SSSR count). The Labute approximate surface area is 332 Å². The fourth-order valence-corrected chi connectivity index (χ4v) is 12.6. The Morgan fingerprint density at radius 1 is 1.14 bits per heavy atom. The molecule has 4 aromatic rings. The van der Waals surface area contributed by atoms with Crippen molar-refractivity contribution in [2.75, 3.05) is 46.5 Å². The molecule has 8 atom stereocenters. The highest BCUT2D eigenvalue weighted by Gasteiger charge is 2.64. The fourth-order valence-electron chi connectivity index (χ4n) is 11.0. The molecule has 14 nitrogen and oxygen atoms in total. The lowest BCUT2D eigenvalue weighted by molar-refractivity contribution is -0.159. The molecule has 15 heteroatoms. The van der Waals surface area contributed by atoms with Crippen LogP contribution < -0.4 is 24.3 Å². The number of aromatic hydroxyl groups is 1. The Morgan fingerprint density at radius 2 is 1.93 bits per heavy atom. The summed E-state index contributed by atoms with van der Waals surface area (Å²) >= 11 is 1.49. The molecule has 3 unspecified atom stereocenters. The van der Waals surface area contributed by atoms with E-state index in [-0.39, 0.29) is 37.9 Å². The predicted molar refractivity (Wildman–Crippen MR) is 208 cm³/mol. The van der Waals surface area contributed by atoms with E-state index in [9.17, 15) is 20.3 Å². The number of aliphatic hydroxyl groups excluding tert-OH is 1. The minimum absolute atomic E-state index is 0.0190. The molecule has 3 aromatic carbocycles. The lowest BCUT2D eigenvalue weighted by atomic mass is 9.76. The van der Waals surface area contributed by atoms with Gasteiger partial charge in [-0.05, 0) is 50.1 Å². The van der Waals surface area contributed by atoms with Crippen LogP contribution in [-0.4, -0.2) is 101 Å². The van der Waals surface area contributed by atoms with E-state index in [1.54, 1.807) is 0 Å². The molecule has 8 aliphatic rings. The van der Waals surface area contributed by atoms with Crippen LogP contribution in [0.15, 0.2) is 30.3 Å². The number of phenols is 1. The van der Waals surface area contributed by atoms with Crippen molar-refractivity contribution in [3.63, 3.8) is 0 Å². The van der Waals surface area contributed by atoms with E-state index >= 15 is 4.79 Å². The number of esters is 2. The summed E-state index contributed by atoms with van der Waals surface area (Å²) in [5, 5.41) is 38.2. The zero-order valence-electron chi connectivity index (χ0n) is 32.2. The lowest BCUT2D eigenvalue weighted by Gasteiger charge is -2.60. The van der Waals surface area contributed by atoms with Crippen molar-refractivity contribution in [2.45, 2.75) is 74.1 Å². The number of phenolic OH excluding ortho intramolecular Hbond substituents is 1. The molecule has 0 saturated carbocycles. The Hall–Kier alpha value is -4.98. The molecule has 1 spiro atoms. The Morgan fingerprint density at radius 3 is 2.68 bits per heavy atom. The van der Waals surface area contributed by atoms with Crippen molar-refractivity contribution in [3.05, 3.63) is 75.0 Å². The number of nitrogens with zero attached hydrogens (tertiary/aromatic N) is 3. The standard InChI is InChI=1S/C42H43N5O9S/c1-19-10-22-12-41(15-43)16-46(4)31(28(22)33(50)34(19)52-5)32-38-30-29(37-36(54-18-55-37)20(2)35(30)56-21(3)49)27(47(32)41)14-53-40(51)42(17-57-38)39-25(11-23(13-48)45-42)24-8-6-7-9-26(24)44-39/h6-10,23,27,31-32,38,44-45,48,50H,11-14,16-18H2,1-5H3/t23-,27+,31?,32-,38-,41?,42-/m1/s1. The number of para-hydroxylation sites is 1. The minimum atomic E-state index is -1.43. The molecule has 0 radical (unpaired) electrons. The number of hydrogen-bond donors (Lipinski definition) is 4. The molecule has 8 aliphatic heterocycles. The van der Waals surface area contributed by atoms with Gasteiger partial charge in [-0.25, -0.2) is 4.79 Å². The smallest absolute Gasteiger partial charge is 0.333 e. The number of aliphatic hydroxyl groups is 1. The molecular weight excluding hydrogens is 751 g/mol. The van der Waals surface area contributed by atoms with Crippen LogP contribution in [0.4, 0.5) is 0 Å². The third-order valence-corrected chi connectivity index (χ3v) is 14.5. The van der Waals surface area contributed by atoms with E-state index in [1.165, 1.54) is 25.8 Å². The maximum absolute atomic E-state index is 15.1. The van der Waals surface area contributed by atoms with E-state index < -0.39 is 52.4 Å². The van der Waals surface area contributed by atoms with Crippen LogP contribution in [0, 0.1) is 25.2 Å². The van der Waals surface area contributed by atoms with Crippen LogP contribution in [0.3, 0.4) is 0 Å². The fraction of sp³-hybridized carbons (Fsp3) is 0.452. The number of aromatic nitrogens is 1. The largest absolute Gasteiger partial charge is 0.504 e. The third kappa shape index (κ3) is 4.85. The number of H-pyrrole nitrogens is 1. The number of hydrogen-bond acceptors (Lipinski definition) is 14. The molecule has 2 saturated heterocycles. The average molecular weight is 794 g/mol. The van der Waals surface area contributed by atoms with Gasteiger partial charge in [-0.3, -0.25) is 19.9 Å². The second-order valence-electron chi connectivity index (χ2n) is 16.2. The molecule has 4 N–H and O–H groups in total. The highest BCUT2D eigenvalue weighted by molar-refractivity contribution is 7.99. The van der Waals surface area contributed by atoms with Gasteiger partial charge in [0.1, 0.15) is 17.9 Å². The van der Waals surface area contributed by atoms with Crippen molar-refractivity contribution >= 4 is 34.6 Å². The summed E-state index contributed by atoms with van der Waals surface area (Å²) in [6.45, 7) is 4.93. The molecular formula is C42H43N5O9S. The summed E-state index contributed by atoms with van der Waals surface area (Å²) < 4.78 is 30.8. The first kappa shape index (κ1) is 36.4. The summed E-state index contributed by atoms with van der Waals surface area (Å²) in [6.07, 6.45) is 0.769. The number of likely N-dealkylation sites (N-methyl/N-ethyl adjacent to an activating group) is 1. The predicted octanol–water partition coefficient (Wildman–Crippen LogP) is 4.12. The van der Waals surface area contributed by atoms with Crippen molar-refractivity contribution in [3.8, 4) is 34.8 Å². The average Bonchev–Trinajstić information content (AvgIpc) is 3.78. The molecule has 57 heavy (non-hydrogen) atoms. The molecule has 0 amide bonds. The van der Waals surface area contributed by atoms with Crippen LogP contribution in [0.5, 0.6) is 28.7 Å². The number of rotatable bonds is 3. The second kappa shape index (κ2) is 12.8. The number of nitrogens with one attached hydrogen (secondary N) is 2. The SMILES string of the molecule is COc1c(C)cc2c(c1O)C1[C@@H]3[C@@H]4SC[C@]5(N[C@@H](CO)Cc6c5[nH]c5ccccc65)C(=O)OC[C@@H](c5c6c(c(C)c(OC(C)=O)c54)OCO6)N3C(C#N)(C2)CN1C. The van der Waals surface area contributed by atoms with Crippen LogP contribution in [-0.2, 0) is 32.7 Å². The van der Waals surface area contributed by atoms with Crippen molar-refractivity contribution in [1.29, 1.82) is 5.26 Å². The Bertz CT molecular complexity index is 2460. The monoisotopic (exact) mass is 793 g/mol. The van der Waals surface area contributed by atoms with Crippen LogP contribution in [0.25, 0.3) is 10.9 Å². The second-order valence-corrected chi connectivity index (χ2v) is 17.3. The van der Waals surface area contributed by atoms with Gasteiger partial charge < -0.3 is 38.9 Å². The maximum Gasteiger partial charge on any atom is 0.333 e. The minimum Gasteiger partial charge on any atom is -0.504 e. The molecule has 296 valence electrons. The topological polar surface area (TPSA) is 179 Å². The van der Waals surface area contributed by atoms with Gasteiger partial charge in [0.2, 0.25) is 6.79 Å². The zero-order chi connectivity index (χ0) is 39.7. The van der Waals surface area contributed by atoms with Crippen LogP contribution >= 0.6 is 11.8 Å². The Kier molecular flexibility index (Phi) is 8.14. The van der Waals surface area contributed by atoms with E-state index in [4.69, 9.17) is 23.7 Å². The van der Waals surface area contributed by atoms with E-state index in [0.717, 1.165) is 27.6 Å². The van der Waals surface area contributed by atoms with Crippen molar-refractivity contribution < 1.29 is 43.5 Å². The molecule has 4 bridgehead atoms. The van der Waals surface area contributed by atoms with Gasteiger partial charge in [0.25, 0.3) is 0 Å². The van der Waals surface area contributed by atoms with Crippen LogP contribution in [0.1, 0.15) is 68.9 Å². The Balaban J connectivity index is 1.27. The zero-order valence-corrected chi connectivity index (χ0v) is 33.0. The summed E-state index contributed by atoms with van der Waals surface area (Å²) in [4.78, 5) is 36.0. The van der Waals surface area contributed by atoms with Gasteiger partial charge in [-0.2, -0.15) is 5.26 Å². The molecule has 0 aliphatic carbocycles. The number of nitriles is 1. The molecule has 1 aromatic heterocycles. The van der Waals surface area contributed by atoms with Gasteiger partial charge in [0.05, 0.1) is 42.8 Å². The van der Waals surface area contributed by atoms with E-state index in [2.05, 4.69) is 26.2 Å². The lowest BCUT2D eigenvalue weighted by Crippen LogP contribution is -2.69. The summed E-state index contributed by atoms with van der Waals surface area (Å²) in [5.41, 5.74) is 4.05. The van der Waals surface area contributed by atoms with E-state index in [1.807, 2.05) is 51.2 Å². The van der Waals surface area contributed by atoms with Gasteiger partial charge in [0, 0.05) is 70.9 Å². The summed E-state index contributed by atoms with van der Waals surface area (Å²) in [5.74, 6) is 0.707. The number of methoxy groups -OCH3 is 1. The number of benzene rings is 3. The number of carbonyl (C=O) groups is 2. The molecule has 2 fully saturated rings. The van der Waals surface area contributed by atoms with Crippen LogP contribution in [0.2, 0.25) is 0 Å². The third-order valence-electron chi connectivity index (χ3n) is 13.0. The van der Waals surface area contributed by atoms with Gasteiger partial charge >= 0.3 is 11.9 Å². The van der Waals surface area contributed by atoms with E-state index in [0.29, 0.717) is 63.9 Å². The number of piperazine rings is 1. The highest BCUT2D eigenvalue weighted by Crippen LogP contribution is 2.65. The number of aromatic amines is 1. The summed E-state index contributed by atoms with van der Waals surface area (Å²) in [6, 6.07) is 10.3. The van der Waals surface area contributed by atoms with Gasteiger partial charge in [0.15, 0.2) is 28.5 Å². The number of ether oxygens (including phenoxy) is 5. The highest BCUT2D eigenvalue weighted by atomic mass is 32.2.